The predicted molar refractivity (Wildman–Crippen MR) is 75.8 cm³/mol. The molecule has 0 aliphatic carbocycles. The van der Waals surface area contributed by atoms with Crippen LogP contribution < -0.4 is 5.32 Å². The number of pyridine rings is 1. The predicted octanol–water partition coefficient (Wildman–Crippen LogP) is 1.10. The van der Waals surface area contributed by atoms with Gasteiger partial charge in [-0.3, -0.25) is 4.79 Å². The zero-order chi connectivity index (χ0) is 15.3. The standard InChI is InChI=1S/C14H21N3O3/c1-9(2)12(8-17(3)4)16-13(18)10-6-5-7-11(15-10)14(19)20/h5-7,9,12H,8H2,1-4H3,(H,16,18)(H,19,20). The number of rotatable bonds is 6. The topological polar surface area (TPSA) is 82.5 Å². The molecule has 0 saturated heterocycles. The van der Waals surface area contributed by atoms with Gasteiger partial charge in [0.25, 0.3) is 5.91 Å². The number of carbonyl (C=O) groups is 2. The highest BCUT2D eigenvalue weighted by atomic mass is 16.4. The van der Waals surface area contributed by atoms with Gasteiger partial charge in [-0.25, -0.2) is 9.78 Å². The van der Waals surface area contributed by atoms with Crippen molar-refractivity contribution in [3.63, 3.8) is 0 Å². The zero-order valence-corrected chi connectivity index (χ0v) is 12.3. The average molecular weight is 279 g/mol. The molecule has 1 unspecified atom stereocenters. The number of aromatic nitrogens is 1. The van der Waals surface area contributed by atoms with Gasteiger partial charge in [-0.2, -0.15) is 0 Å². The number of carboxylic acid groups (broad SMARTS) is 1. The van der Waals surface area contributed by atoms with E-state index in [1.54, 1.807) is 0 Å². The Kier molecular flexibility index (Phi) is 5.64. The molecule has 0 aliphatic heterocycles. The number of nitrogens with zero attached hydrogens (tertiary/aromatic N) is 2. The fourth-order valence-electron chi connectivity index (χ4n) is 1.74. The molecule has 0 fully saturated rings. The van der Waals surface area contributed by atoms with Crippen molar-refractivity contribution >= 4 is 11.9 Å². The highest BCUT2D eigenvalue weighted by Crippen LogP contribution is 2.05. The van der Waals surface area contributed by atoms with Gasteiger partial charge in [0.15, 0.2) is 0 Å². The maximum atomic E-state index is 12.1. The molecule has 1 amide bonds. The summed E-state index contributed by atoms with van der Waals surface area (Å²) in [6.45, 7) is 4.76. The summed E-state index contributed by atoms with van der Waals surface area (Å²) < 4.78 is 0. The summed E-state index contributed by atoms with van der Waals surface area (Å²) in [7, 11) is 3.87. The monoisotopic (exact) mass is 279 g/mol. The van der Waals surface area contributed by atoms with E-state index in [1.807, 2.05) is 32.8 Å². The van der Waals surface area contributed by atoms with E-state index >= 15 is 0 Å². The van der Waals surface area contributed by atoms with E-state index in [0.29, 0.717) is 6.54 Å². The Morgan fingerprint density at radius 3 is 2.40 bits per heavy atom. The normalized spacial score (nSPS) is 12.5. The number of likely N-dealkylation sites (N-methyl/N-ethyl adjacent to an activating group) is 1. The minimum atomic E-state index is -1.15. The molecule has 1 aromatic rings. The van der Waals surface area contributed by atoms with E-state index in [4.69, 9.17) is 5.11 Å². The third kappa shape index (κ3) is 4.62. The fourth-order valence-corrected chi connectivity index (χ4v) is 1.74. The third-order valence-electron chi connectivity index (χ3n) is 2.88. The van der Waals surface area contributed by atoms with E-state index in [-0.39, 0.29) is 29.3 Å². The smallest absolute Gasteiger partial charge is 0.354 e. The van der Waals surface area contributed by atoms with Crippen LogP contribution in [0.3, 0.4) is 0 Å². The zero-order valence-electron chi connectivity index (χ0n) is 12.3. The molecule has 0 saturated carbocycles. The first kappa shape index (κ1) is 16.1. The Balaban J connectivity index is 2.83. The van der Waals surface area contributed by atoms with E-state index < -0.39 is 5.97 Å². The van der Waals surface area contributed by atoms with E-state index in [1.165, 1.54) is 18.2 Å². The molecule has 0 spiro atoms. The lowest BCUT2D eigenvalue weighted by atomic mass is 10.0. The highest BCUT2D eigenvalue weighted by Gasteiger charge is 2.19. The number of carbonyl (C=O) groups excluding carboxylic acids is 1. The van der Waals surface area contributed by atoms with Crippen molar-refractivity contribution in [3.05, 3.63) is 29.6 Å². The van der Waals surface area contributed by atoms with Crippen molar-refractivity contribution in [1.82, 2.24) is 15.2 Å². The Bertz CT molecular complexity index is 486. The molecule has 0 bridgehead atoms. The molecule has 6 heteroatoms. The fraction of sp³-hybridized carbons (Fsp3) is 0.500. The Hall–Kier alpha value is -1.95. The molecule has 6 nitrogen and oxygen atoms in total. The first-order valence-corrected chi connectivity index (χ1v) is 6.47. The second-order valence-corrected chi connectivity index (χ2v) is 5.30. The van der Waals surface area contributed by atoms with Gasteiger partial charge in [0.1, 0.15) is 11.4 Å². The summed E-state index contributed by atoms with van der Waals surface area (Å²) in [6.07, 6.45) is 0. The summed E-state index contributed by atoms with van der Waals surface area (Å²) in [5.41, 5.74) is -0.0133. The SMILES string of the molecule is CC(C)C(CN(C)C)NC(=O)c1cccc(C(=O)O)n1. The molecule has 2 N–H and O–H groups in total. The van der Waals surface area contributed by atoms with Gasteiger partial charge in [0.05, 0.1) is 0 Å². The summed E-state index contributed by atoms with van der Waals surface area (Å²) >= 11 is 0. The number of carboxylic acids is 1. The molecule has 1 aromatic heterocycles. The van der Waals surface area contributed by atoms with Gasteiger partial charge in [-0.05, 0) is 32.1 Å². The van der Waals surface area contributed by atoms with E-state index in [0.717, 1.165) is 0 Å². The van der Waals surface area contributed by atoms with E-state index in [9.17, 15) is 9.59 Å². The van der Waals surface area contributed by atoms with Gasteiger partial charge < -0.3 is 15.3 Å². The largest absolute Gasteiger partial charge is 0.477 e. The molecule has 1 rings (SSSR count). The molecular formula is C14H21N3O3. The number of hydrogen-bond acceptors (Lipinski definition) is 4. The van der Waals surface area contributed by atoms with Crippen LogP contribution in [-0.4, -0.2) is 53.5 Å². The second-order valence-electron chi connectivity index (χ2n) is 5.30. The number of nitrogens with one attached hydrogen (secondary N) is 1. The maximum Gasteiger partial charge on any atom is 0.354 e. The Labute approximate surface area is 118 Å². The van der Waals surface area contributed by atoms with Gasteiger partial charge in [-0.1, -0.05) is 19.9 Å². The quantitative estimate of drug-likeness (QED) is 0.814. The van der Waals surface area contributed by atoms with Crippen LogP contribution >= 0.6 is 0 Å². The first-order chi connectivity index (χ1) is 9.31. The van der Waals surface area contributed by atoms with Gasteiger partial charge in [0, 0.05) is 12.6 Å². The van der Waals surface area contributed by atoms with Crippen LogP contribution in [0.1, 0.15) is 34.8 Å². The first-order valence-electron chi connectivity index (χ1n) is 6.47. The molecule has 0 radical (unpaired) electrons. The summed E-state index contributed by atoms with van der Waals surface area (Å²) in [5.74, 6) is -1.23. The number of aromatic carboxylic acids is 1. The number of hydrogen-bond donors (Lipinski definition) is 2. The minimum absolute atomic E-state index is 0.0206. The van der Waals surface area contributed by atoms with Crippen LogP contribution in [-0.2, 0) is 0 Å². The lowest BCUT2D eigenvalue weighted by Gasteiger charge is -2.25. The van der Waals surface area contributed by atoms with Crippen molar-refractivity contribution < 1.29 is 14.7 Å². The highest BCUT2D eigenvalue weighted by molar-refractivity contribution is 5.94. The van der Waals surface area contributed by atoms with Gasteiger partial charge in [0.2, 0.25) is 0 Å². The lowest BCUT2D eigenvalue weighted by molar-refractivity contribution is 0.0690. The van der Waals surface area contributed by atoms with Crippen LogP contribution in [0.25, 0.3) is 0 Å². The van der Waals surface area contributed by atoms with Gasteiger partial charge >= 0.3 is 5.97 Å². The molecular weight excluding hydrogens is 258 g/mol. The maximum absolute atomic E-state index is 12.1. The van der Waals surface area contributed by atoms with Crippen molar-refractivity contribution in [3.8, 4) is 0 Å². The van der Waals surface area contributed by atoms with Crippen molar-refractivity contribution in [2.45, 2.75) is 19.9 Å². The van der Waals surface area contributed by atoms with E-state index in [2.05, 4.69) is 10.3 Å². The second kappa shape index (κ2) is 7.00. The van der Waals surface area contributed by atoms with Gasteiger partial charge in [-0.15, -0.1) is 0 Å². The van der Waals surface area contributed by atoms with Crippen LogP contribution in [0.5, 0.6) is 0 Å². The number of amides is 1. The summed E-state index contributed by atoms with van der Waals surface area (Å²) in [6, 6.07) is 4.36. The summed E-state index contributed by atoms with van der Waals surface area (Å²) in [4.78, 5) is 28.8. The van der Waals surface area contributed by atoms with Crippen LogP contribution in [0.15, 0.2) is 18.2 Å². The lowest BCUT2D eigenvalue weighted by Crippen LogP contribution is -2.45. The molecule has 0 aliphatic rings. The molecule has 110 valence electrons. The van der Waals surface area contributed by atoms with Crippen molar-refractivity contribution in [2.24, 2.45) is 5.92 Å². The Morgan fingerprint density at radius 1 is 1.30 bits per heavy atom. The van der Waals surface area contributed by atoms with Crippen molar-refractivity contribution in [2.75, 3.05) is 20.6 Å². The van der Waals surface area contributed by atoms with Crippen LogP contribution in [0.2, 0.25) is 0 Å². The summed E-state index contributed by atoms with van der Waals surface area (Å²) in [5, 5.41) is 11.8. The molecule has 20 heavy (non-hydrogen) atoms. The third-order valence-corrected chi connectivity index (χ3v) is 2.88. The van der Waals surface area contributed by atoms with Crippen LogP contribution in [0, 0.1) is 5.92 Å². The molecule has 1 atom stereocenters. The average Bonchev–Trinajstić information content (AvgIpc) is 2.37. The van der Waals surface area contributed by atoms with Crippen molar-refractivity contribution in [1.29, 1.82) is 0 Å². The Morgan fingerprint density at radius 2 is 1.90 bits per heavy atom. The van der Waals surface area contributed by atoms with Crippen LogP contribution in [0.4, 0.5) is 0 Å². The minimum Gasteiger partial charge on any atom is -0.477 e. The molecule has 1 heterocycles. The molecule has 0 aromatic carbocycles.